The van der Waals surface area contributed by atoms with E-state index in [9.17, 15) is 4.79 Å². The molecule has 1 N–H and O–H groups in total. The van der Waals surface area contributed by atoms with Crippen LogP contribution in [0.25, 0.3) is 11.4 Å². The summed E-state index contributed by atoms with van der Waals surface area (Å²) < 4.78 is 15.6. The summed E-state index contributed by atoms with van der Waals surface area (Å²) in [5.74, 6) is 2.18. The molecule has 3 heterocycles. The van der Waals surface area contributed by atoms with Crippen molar-refractivity contribution in [1.29, 1.82) is 0 Å². The highest BCUT2D eigenvalue weighted by Crippen LogP contribution is 2.55. The summed E-state index contributed by atoms with van der Waals surface area (Å²) in [6.07, 6.45) is 3.54. The summed E-state index contributed by atoms with van der Waals surface area (Å²) in [7, 11) is 3.25. The second kappa shape index (κ2) is 9.18. The van der Waals surface area contributed by atoms with E-state index in [1.165, 1.54) is 11.8 Å². The number of aromatic nitrogens is 3. The summed E-state index contributed by atoms with van der Waals surface area (Å²) in [4.78, 5) is 22.7. The minimum absolute atomic E-state index is 0.0945. The lowest BCUT2D eigenvalue weighted by atomic mass is 9.92. The van der Waals surface area contributed by atoms with E-state index in [1.54, 1.807) is 26.6 Å². The number of carbonyl (C=O) groups excluding carboxylic acids is 1. The summed E-state index contributed by atoms with van der Waals surface area (Å²) in [5.41, 5.74) is 1.65. The molecule has 1 amide bonds. The number of carbonyl (C=O) groups is 1. The molecule has 1 saturated heterocycles. The summed E-state index contributed by atoms with van der Waals surface area (Å²) in [6, 6.07) is 18.6. The highest BCUT2D eigenvalue weighted by Gasteiger charge is 2.54. The van der Waals surface area contributed by atoms with Crippen LogP contribution in [0.2, 0.25) is 0 Å². The lowest BCUT2D eigenvalue weighted by Gasteiger charge is -2.30. The zero-order valence-electron chi connectivity index (χ0n) is 18.6. The molecule has 2 aromatic carbocycles. The molecular formula is C25H22N4O4S. The molecule has 2 atom stereocenters. The molecule has 0 unspecified atom stereocenters. The number of pyridine rings is 1. The number of benzene rings is 2. The van der Waals surface area contributed by atoms with E-state index in [0.717, 1.165) is 27.5 Å². The monoisotopic (exact) mass is 474 g/mol. The Balaban J connectivity index is 1.61. The third-order valence-corrected chi connectivity index (χ3v) is 7.14. The van der Waals surface area contributed by atoms with Crippen molar-refractivity contribution in [3.63, 3.8) is 0 Å². The van der Waals surface area contributed by atoms with Crippen LogP contribution in [0.5, 0.6) is 11.5 Å². The Morgan fingerprint density at radius 1 is 1.03 bits per heavy atom. The molecule has 0 radical (unpaired) electrons. The molecule has 1 aliphatic rings. The van der Waals surface area contributed by atoms with Crippen LogP contribution in [-0.2, 0) is 9.54 Å². The molecule has 34 heavy (non-hydrogen) atoms. The van der Waals surface area contributed by atoms with Gasteiger partial charge in [-0.15, -0.1) is 11.8 Å². The number of rotatable bonds is 7. The topological polar surface area (TPSA) is 99.4 Å². The highest BCUT2D eigenvalue weighted by molar-refractivity contribution is 8.00. The minimum Gasteiger partial charge on any atom is -0.497 e. The quantitative estimate of drug-likeness (QED) is 0.421. The van der Waals surface area contributed by atoms with Crippen LogP contribution in [0.3, 0.4) is 0 Å². The molecule has 172 valence electrons. The number of methoxy groups -OCH3 is 2. The van der Waals surface area contributed by atoms with Gasteiger partial charge >= 0.3 is 0 Å². The van der Waals surface area contributed by atoms with Crippen LogP contribution < -0.4 is 14.8 Å². The van der Waals surface area contributed by atoms with Crippen molar-refractivity contribution in [3.05, 3.63) is 84.5 Å². The van der Waals surface area contributed by atoms with Crippen LogP contribution in [0.15, 0.2) is 82.5 Å². The molecule has 8 nitrogen and oxygen atoms in total. The van der Waals surface area contributed by atoms with Crippen LogP contribution in [0.4, 0.5) is 0 Å². The predicted octanol–water partition coefficient (Wildman–Crippen LogP) is 4.40. The normalized spacial score (nSPS) is 19.6. The number of amides is 1. The largest absolute Gasteiger partial charge is 0.497 e. The lowest BCUT2D eigenvalue weighted by molar-refractivity contribution is -0.119. The zero-order chi connectivity index (χ0) is 23.5. The van der Waals surface area contributed by atoms with Gasteiger partial charge in [-0.2, -0.15) is 4.98 Å². The predicted molar refractivity (Wildman–Crippen MR) is 127 cm³/mol. The van der Waals surface area contributed by atoms with Gasteiger partial charge in [0, 0.05) is 22.9 Å². The molecule has 0 aliphatic carbocycles. The van der Waals surface area contributed by atoms with Crippen molar-refractivity contribution in [1.82, 2.24) is 20.4 Å². The van der Waals surface area contributed by atoms with Gasteiger partial charge in [-0.25, -0.2) is 0 Å². The second-order valence-corrected chi connectivity index (χ2v) is 9.19. The molecule has 2 aromatic heterocycles. The van der Waals surface area contributed by atoms with E-state index in [1.807, 2.05) is 60.7 Å². The summed E-state index contributed by atoms with van der Waals surface area (Å²) in [5, 5.41) is 7.33. The molecule has 9 heteroatoms. The standard InChI is InChI=1S/C25H22N4O4S/c1-31-18-7-5-16(6-8-18)22-25(14-21(30)27-22,34-20-11-9-19(32-2)10-12-20)24-28-23(29-33-24)17-4-3-13-26-15-17/h3-13,15,22H,14H2,1-2H3,(H,27,30)/t22-,25-/m1/s1. The minimum atomic E-state index is -0.867. The van der Waals surface area contributed by atoms with Crippen molar-refractivity contribution in [2.75, 3.05) is 14.2 Å². The highest BCUT2D eigenvalue weighted by atomic mass is 32.2. The Bertz CT molecular complexity index is 1280. The van der Waals surface area contributed by atoms with Gasteiger partial charge < -0.3 is 19.3 Å². The Morgan fingerprint density at radius 2 is 1.74 bits per heavy atom. The maximum absolute atomic E-state index is 12.8. The third kappa shape index (κ3) is 4.10. The van der Waals surface area contributed by atoms with Crippen LogP contribution >= 0.6 is 11.8 Å². The van der Waals surface area contributed by atoms with Gasteiger partial charge in [0.1, 0.15) is 16.2 Å². The van der Waals surface area contributed by atoms with Crippen LogP contribution in [0.1, 0.15) is 23.9 Å². The third-order valence-electron chi connectivity index (χ3n) is 5.71. The average molecular weight is 475 g/mol. The number of ether oxygens (including phenoxy) is 2. The van der Waals surface area contributed by atoms with Crippen molar-refractivity contribution >= 4 is 17.7 Å². The molecular weight excluding hydrogens is 452 g/mol. The average Bonchev–Trinajstić information content (AvgIpc) is 3.51. The summed E-state index contributed by atoms with van der Waals surface area (Å²) >= 11 is 1.51. The fourth-order valence-electron chi connectivity index (χ4n) is 4.02. The van der Waals surface area contributed by atoms with E-state index >= 15 is 0 Å². The van der Waals surface area contributed by atoms with E-state index in [-0.39, 0.29) is 12.3 Å². The zero-order valence-corrected chi connectivity index (χ0v) is 19.4. The number of thioether (sulfide) groups is 1. The molecule has 1 aliphatic heterocycles. The maximum atomic E-state index is 12.8. The molecule has 1 fully saturated rings. The van der Waals surface area contributed by atoms with Gasteiger partial charge in [0.15, 0.2) is 0 Å². The molecule has 0 saturated carbocycles. The van der Waals surface area contributed by atoms with Crippen LogP contribution in [-0.4, -0.2) is 35.3 Å². The van der Waals surface area contributed by atoms with E-state index in [0.29, 0.717) is 11.7 Å². The molecule has 0 bridgehead atoms. The summed E-state index contributed by atoms with van der Waals surface area (Å²) in [6.45, 7) is 0. The first-order valence-corrected chi connectivity index (χ1v) is 11.4. The smallest absolute Gasteiger partial charge is 0.246 e. The van der Waals surface area contributed by atoms with Gasteiger partial charge in [-0.3, -0.25) is 9.78 Å². The fourth-order valence-corrected chi connectivity index (χ4v) is 5.40. The fraction of sp³-hybridized carbons (Fsp3) is 0.200. The van der Waals surface area contributed by atoms with E-state index < -0.39 is 10.8 Å². The van der Waals surface area contributed by atoms with Gasteiger partial charge in [0.05, 0.1) is 26.7 Å². The van der Waals surface area contributed by atoms with E-state index in [2.05, 4.69) is 15.5 Å². The Hall–Kier alpha value is -3.85. The first-order valence-electron chi connectivity index (χ1n) is 10.6. The Labute approximate surface area is 200 Å². The number of hydrogen-bond donors (Lipinski definition) is 1. The van der Waals surface area contributed by atoms with Gasteiger partial charge in [0.25, 0.3) is 0 Å². The van der Waals surface area contributed by atoms with Crippen molar-refractivity contribution in [2.45, 2.75) is 22.1 Å². The molecule has 5 rings (SSSR count). The van der Waals surface area contributed by atoms with Crippen molar-refractivity contribution in [2.24, 2.45) is 0 Å². The maximum Gasteiger partial charge on any atom is 0.246 e. The van der Waals surface area contributed by atoms with Gasteiger partial charge in [-0.05, 0) is 54.1 Å². The first kappa shape index (κ1) is 22.0. The van der Waals surface area contributed by atoms with Gasteiger partial charge in [-0.1, -0.05) is 17.3 Å². The molecule has 0 spiro atoms. The van der Waals surface area contributed by atoms with Crippen molar-refractivity contribution in [3.8, 4) is 22.9 Å². The Kier molecular flexibility index (Phi) is 5.93. The number of nitrogens with zero attached hydrogens (tertiary/aromatic N) is 3. The van der Waals surface area contributed by atoms with Crippen molar-refractivity contribution < 1.29 is 18.8 Å². The van der Waals surface area contributed by atoms with Gasteiger partial charge in [0.2, 0.25) is 17.6 Å². The first-order chi connectivity index (χ1) is 16.6. The Morgan fingerprint density at radius 3 is 2.38 bits per heavy atom. The second-order valence-electron chi connectivity index (χ2n) is 7.78. The SMILES string of the molecule is COc1ccc(S[C@]2(c3nc(-c4cccnc4)no3)CC(=O)N[C@@H]2c2ccc(OC)cc2)cc1. The molecule has 4 aromatic rings. The lowest BCUT2D eigenvalue weighted by Crippen LogP contribution is -2.31. The van der Waals surface area contributed by atoms with E-state index in [4.69, 9.17) is 19.0 Å². The number of hydrogen-bond acceptors (Lipinski definition) is 8. The van der Waals surface area contributed by atoms with Crippen LogP contribution in [0, 0.1) is 0 Å². The number of nitrogens with one attached hydrogen (secondary N) is 1.